The van der Waals surface area contributed by atoms with Crippen LogP contribution in [0.25, 0.3) is 10.8 Å². The van der Waals surface area contributed by atoms with E-state index in [-0.39, 0.29) is 18.4 Å². The number of aryl methyl sites for hydroxylation is 1. The standard InChI is InChI=1S/C22H25N3O3S/c1-3-28-13-7-12-25(14-20(26)24-22-23-16(2)15-29-22)21(27)19-11-6-9-17-8-4-5-10-18(17)19/h4-6,8-11,15H,3,7,12-14H2,1-2H3,(H,23,24,26). The fourth-order valence-electron chi connectivity index (χ4n) is 3.08. The van der Waals surface area contributed by atoms with Crippen LogP contribution < -0.4 is 5.32 Å². The second-order valence-electron chi connectivity index (χ2n) is 6.65. The number of amides is 2. The zero-order chi connectivity index (χ0) is 20.6. The molecule has 7 heteroatoms. The number of carbonyl (C=O) groups excluding carboxylic acids is 2. The van der Waals surface area contributed by atoms with Crippen molar-refractivity contribution in [2.24, 2.45) is 0 Å². The number of hydrogen-bond donors (Lipinski definition) is 1. The molecule has 0 fully saturated rings. The van der Waals surface area contributed by atoms with Crippen molar-refractivity contribution in [3.63, 3.8) is 0 Å². The first-order valence-corrected chi connectivity index (χ1v) is 10.5. The number of ether oxygens (including phenoxy) is 1. The van der Waals surface area contributed by atoms with Gasteiger partial charge in [-0.05, 0) is 37.1 Å². The van der Waals surface area contributed by atoms with Gasteiger partial charge in [0.2, 0.25) is 5.91 Å². The summed E-state index contributed by atoms with van der Waals surface area (Å²) >= 11 is 1.37. The molecule has 1 aromatic heterocycles. The molecular formula is C22H25N3O3S. The molecule has 2 amide bonds. The highest BCUT2D eigenvalue weighted by Crippen LogP contribution is 2.20. The van der Waals surface area contributed by atoms with Crippen LogP contribution >= 0.6 is 11.3 Å². The van der Waals surface area contributed by atoms with Crippen LogP contribution in [0.4, 0.5) is 5.13 Å². The van der Waals surface area contributed by atoms with Crippen molar-refractivity contribution in [3.05, 3.63) is 59.1 Å². The molecule has 0 bridgehead atoms. The quantitative estimate of drug-likeness (QED) is 0.538. The average molecular weight is 412 g/mol. The van der Waals surface area contributed by atoms with Crippen molar-refractivity contribution >= 4 is 39.1 Å². The SMILES string of the molecule is CCOCCCN(CC(=O)Nc1nc(C)cs1)C(=O)c1cccc2ccccc12. The van der Waals surface area contributed by atoms with Crippen molar-refractivity contribution < 1.29 is 14.3 Å². The van der Waals surface area contributed by atoms with Crippen LogP contribution in [0.3, 0.4) is 0 Å². The fourth-order valence-corrected chi connectivity index (χ4v) is 3.78. The van der Waals surface area contributed by atoms with E-state index in [0.29, 0.717) is 36.9 Å². The second-order valence-corrected chi connectivity index (χ2v) is 7.50. The molecule has 1 heterocycles. The van der Waals surface area contributed by atoms with E-state index in [1.165, 1.54) is 11.3 Å². The summed E-state index contributed by atoms with van der Waals surface area (Å²) in [7, 11) is 0. The summed E-state index contributed by atoms with van der Waals surface area (Å²) in [4.78, 5) is 31.7. The molecule has 0 saturated heterocycles. The van der Waals surface area contributed by atoms with E-state index in [2.05, 4.69) is 10.3 Å². The Morgan fingerprint density at radius 3 is 2.72 bits per heavy atom. The molecule has 0 saturated carbocycles. The number of thiazole rings is 1. The molecule has 3 aromatic rings. The summed E-state index contributed by atoms with van der Waals surface area (Å²) in [5, 5.41) is 7.07. The summed E-state index contributed by atoms with van der Waals surface area (Å²) in [5.41, 5.74) is 1.45. The number of fused-ring (bicyclic) bond motifs is 1. The Kier molecular flexibility index (Phi) is 7.32. The number of nitrogens with zero attached hydrogens (tertiary/aromatic N) is 2. The molecule has 6 nitrogen and oxygen atoms in total. The van der Waals surface area contributed by atoms with Gasteiger partial charge in [0.15, 0.2) is 5.13 Å². The molecule has 3 rings (SSSR count). The Hall–Kier alpha value is -2.77. The number of nitrogens with one attached hydrogen (secondary N) is 1. The van der Waals surface area contributed by atoms with E-state index in [1.807, 2.05) is 61.7 Å². The Morgan fingerprint density at radius 2 is 1.97 bits per heavy atom. The van der Waals surface area contributed by atoms with Gasteiger partial charge < -0.3 is 15.0 Å². The Labute approximate surface area is 174 Å². The predicted molar refractivity (Wildman–Crippen MR) is 116 cm³/mol. The monoisotopic (exact) mass is 411 g/mol. The second kappa shape index (κ2) is 10.1. The third-order valence-corrected chi connectivity index (χ3v) is 5.30. The van der Waals surface area contributed by atoms with Crippen molar-refractivity contribution in [1.29, 1.82) is 0 Å². The molecule has 1 N–H and O–H groups in total. The van der Waals surface area contributed by atoms with E-state index in [9.17, 15) is 9.59 Å². The number of rotatable bonds is 9. The lowest BCUT2D eigenvalue weighted by Gasteiger charge is -2.23. The van der Waals surface area contributed by atoms with Crippen molar-refractivity contribution in [3.8, 4) is 0 Å². The van der Waals surface area contributed by atoms with Gasteiger partial charge in [-0.3, -0.25) is 9.59 Å². The Morgan fingerprint density at radius 1 is 1.17 bits per heavy atom. The summed E-state index contributed by atoms with van der Waals surface area (Å²) in [6.45, 7) is 5.38. The lowest BCUT2D eigenvalue weighted by molar-refractivity contribution is -0.116. The first-order valence-electron chi connectivity index (χ1n) is 9.65. The van der Waals surface area contributed by atoms with Crippen molar-refractivity contribution in [2.45, 2.75) is 20.3 Å². The molecular weight excluding hydrogens is 386 g/mol. The van der Waals surface area contributed by atoms with Crippen LogP contribution in [-0.4, -0.2) is 48.0 Å². The lowest BCUT2D eigenvalue weighted by atomic mass is 10.0. The maximum atomic E-state index is 13.3. The molecule has 0 aliphatic carbocycles. The van der Waals surface area contributed by atoms with Gasteiger partial charge in [-0.1, -0.05) is 36.4 Å². The first kappa shape index (κ1) is 21.0. The molecule has 0 aliphatic rings. The van der Waals surface area contributed by atoms with Gasteiger partial charge in [0.25, 0.3) is 5.91 Å². The largest absolute Gasteiger partial charge is 0.382 e. The van der Waals surface area contributed by atoms with Gasteiger partial charge in [-0.25, -0.2) is 4.98 Å². The maximum absolute atomic E-state index is 13.3. The lowest BCUT2D eigenvalue weighted by Crippen LogP contribution is -2.39. The predicted octanol–water partition coefficient (Wildman–Crippen LogP) is 4.11. The third kappa shape index (κ3) is 5.62. The van der Waals surface area contributed by atoms with Gasteiger partial charge in [0.1, 0.15) is 6.54 Å². The number of carbonyl (C=O) groups is 2. The van der Waals surface area contributed by atoms with Crippen LogP contribution in [0.15, 0.2) is 47.8 Å². The zero-order valence-electron chi connectivity index (χ0n) is 16.7. The van der Waals surface area contributed by atoms with E-state index in [4.69, 9.17) is 4.74 Å². The summed E-state index contributed by atoms with van der Waals surface area (Å²) in [5.74, 6) is -0.423. The van der Waals surface area contributed by atoms with E-state index < -0.39 is 0 Å². The highest BCUT2D eigenvalue weighted by atomic mass is 32.1. The summed E-state index contributed by atoms with van der Waals surface area (Å²) < 4.78 is 5.40. The number of hydrogen-bond acceptors (Lipinski definition) is 5. The smallest absolute Gasteiger partial charge is 0.254 e. The highest BCUT2D eigenvalue weighted by molar-refractivity contribution is 7.13. The Balaban J connectivity index is 1.77. The fraction of sp³-hybridized carbons (Fsp3) is 0.318. The zero-order valence-corrected chi connectivity index (χ0v) is 17.5. The number of anilines is 1. The number of benzene rings is 2. The minimum Gasteiger partial charge on any atom is -0.382 e. The first-order chi connectivity index (χ1) is 14.1. The molecule has 152 valence electrons. The van der Waals surface area contributed by atoms with Crippen molar-refractivity contribution in [2.75, 3.05) is 31.6 Å². The Bertz CT molecular complexity index is 981. The van der Waals surface area contributed by atoms with E-state index in [1.54, 1.807) is 4.90 Å². The topological polar surface area (TPSA) is 71.5 Å². The summed E-state index contributed by atoms with van der Waals surface area (Å²) in [6, 6.07) is 13.4. The molecule has 2 aromatic carbocycles. The number of aromatic nitrogens is 1. The van der Waals surface area contributed by atoms with Crippen LogP contribution in [0.1, 0.15) is 29.4 Å². The van der Waals surface area contributed by atoms with Crippen molar-refractivity contribution in [1.82, 2.24) is 9.88 Å². The van der Waals surface area contributed by atoms with Gasteiger partial charge in [0.05, 0.1) is 5.69 Å². The maximum Gasteiger partial charge on any atom is 0.254 e. The molecule has 0 radical (unpaired) electrons. The van der Waals surface area contributed by atoms with Gasteiger partial charge in [-0.15, -0.1) is 11.3 Å². The summed E-state index contributed by atoms with van der Waals surface area (Å²) in [6.07, 6.45) is 0.661. The van der Waals surface area contributed by atoms with Crippen LogP contribution in [-0.2, 0) is 9.53 Å². The van der Waals surface area contributed by atoms with Crippen LogP contribution in [0, 0.1) is 6.92 Å². The molecule has 0 aliphatic heterocycles. The average Bonchev–Trinajstić information content (AvgIpc) is 3.13. The molecule has 29 heavy (non-hydrogen) atoms. The van der Waals surface area contributed by atoms with E-state index in [0.717, 1.165) is 16.5 Å². The molecule has 0 atom stereocenters. The van der Waals surface area contributed by atoms with Gasteiger partial charge >= 0.3 is 0 Å². The van der Waals surface area contributed by atoms with Gasteiger partial charge in [-0.2, -0.15) is 0 Å². The van der Waals surface area contributed by atoms with Crippen LogP contribution in [0.5, 0.6) is 0 Å². The molecule has 0 spiro atoms. The highest BCUT2D eigenvalue weighted by Gasteiger charge is 2.21. The van der Waals surface area contributed by atoms with E-state index >= 15 is 0 Å². The molecule has 0 unspecified atom stereocenters. The van der Waals surface area contributed by atoms with Crippen LogP contribution in [0.2, 0.25) is 0 Å². The minimum atomic E-state index is -0.260. The minimum absolute atomic E-state index is 0.0349. The normalized spacial score (nSPS) is 10.8. The van der Waals surface area contributed by atoms with Gasteiger partial charge in [0, 0.05) is 30.7 Å². The third-order valence-electron chi connectivity index (χ3n) is 4.43.